The first-order valence-electron chi connectivity index (χ1n) is 11.9. The second-order valence-electron chi connectivity index (χ2n) is 9.26. The van der Waals surface area contributed by atoms with Gasteiger partial charge in [0.25, 0.3) is 0 Å². The standard InChI is InChI=1S/C28H27NO6/c1-16-20(8-9-24(30)29-12-10-19(11-13-29)27(31)32)28(33)35-26-17(2)25-22(14-21(16)26)23(15-34-25)18-6-4-3-5-7-18/h3-7,14-15,19H,8-13H2,1-2H3,(H,31,32). The van der Waals surface area contributed by atoms with Gasteiger partial charge in [-0.05, 0) is 50.3 Å². The van der Waals surface area contributed by atoms with Crippen LogP contribution in [0.25, 0.3) is 33.1 Å². The number of amides is 1. The van der Waals surface area contributed by atoms with Crippen LogP contribution in [0.3, 0.4) is 0 Å². The Kier molecular flexibility index (Phi) is 5.93. The number of piperidine rings is 1. The summed E-state index contributed by atoms with van der Waals surface area (Å²) in [6.45, 7) is 4.64. The Labute approximate surface area is 201 Å². The Morgan fingerprint density at radius 2 is 1.74 bits per heavy atom. The van der Waals surface area contributed by atoms with Crippen molar-refractivity contribution in [3.63, 3.8) is 0 Å². The smallest absolute Gasteiger partial charge is 0.339 e. The fourth-order valence-electron chi connectivity index (χ4n) is 5.09. The minimum absolute atomic E-state index is 0.0689. The number of carboxylic acid groups (broad SMARTS) is 1. The Morgan fingerprint density at radius 3 is 2.43 bits per heavy atom. The molecule has 2 aromatic carbocycles. The second kappa shape index (κ2) is 9.06. The van der Waals surface area contributed by atoms with Gasteiger partial charge in [-0.2, -0.15) is 0 Å². The van der Waals surface area contributed by atoms with Gasteiger partial charge in [-0.25, -0.2) is 4.79 Å². The SMILES string of the molecule is Cc1c(CCC(=O)N2CCC(C(=O)O)CC2)c(=O)oc2c(C)c3occ(-c4ccccc4)c3cc12. The molecule has 0 aliphatic carbocycles. The van der Waals surface area contributed by atoms with Gasteiger partial charge >= 0.3 is 11.6 Å². The summed E-state index contributed by atoms with van der Waals surface area (Å²) in [5.74, 6) is -1.27. The lowest BCUT2D eigenvalue weighted by Crippen LogP contribution is -2.40. The molecule has 1 aliphatic rings. The number of benzene rings is 2. The lowest BCUT2D eigenvalue weighted by Gasteiger charge is -2.30. The molecule has 0 spiro atoms. The van der Waals surface area contributed by atoms with Crippen LogP contribution < -0.4 is 5.63 Å². The van der Waals surface area contributed by atoms with Crippen molar-refractivity contribution in [3.05, 3.63) is 69.8 Å². The van der Waals surface area contributed by atoms with Crippen LogP contribution >= 0.6 is 0 Å². The summed E-state index contributed by atoms with van der Waals surface area (Å²) >= 11 is 0. The van der Waals surface area contributed by atoms with Gasteiger partial charge in [0.1, 0.15) is 11.2 Å². The van der Waals surface area contributed by atoms with Crippen LogP contribution in [0.15, 0.2) is 56.3 Å². The van der Waals surface area contributed by atoms with Crippen molar-refractivity contribution < 1.29 is 23.5 Å². The predicted octanol–water partition coefficient (Wildman–Crippen LogP) is 5.08. The molecule has 180 valence electrons. The molecule has 35 heavy (non-hydrogen) atoms. The number of hydrogen-bond donors (Lipinski definition) is 1. The van der Waals surface area contributed by atoms with E-state index in [0.717, 1.165) is 33.0 Å². The number of aryl methyl sites for hydroxylation is 2. The molecular formula is C28H27NO6. The minimum Gasteiger partial charge on any atom is -0.481 e. The summed E-state index contributed by atoms with van der Waals surface area (Å²) in [6, 6.07) is 12.0. The van der Waals surface area contributed by atoms with Gasteiger partial charge in [0.2, 0.25) is 5.91 Å². The monoisotopic (exact) mass is 473 g/mol. The fourth-order valence-corrected chi connectivity index (χ4v) is 5.09. The molecule has 1 amide bonds. The van der Waals surface area contributed by atoms with Crippen LogP contribution in [0.2, 0.25) is 0 Å². The lowest BCUT2D eigenvalue weighted by molar-refractivity contribution is -0.145. The molecule has 7 nitrogen and oxygen atoms in total. The largest absolute Gasteiger partial charge is 0.481 e. The topological polar surface area (TPSA) is 101 Å². The first-order chi connectivity index (χ1) is 16.8. The highest BCUT2D eigenvalue weighted by Gasteiger charge is 2.27. The van der Waals surface area contributed by atoms with Gasteiger partial charge in [0.05, 0.1) is 12.2 Å². The molecule has 0 saturated carbocycles. The van der Waals surface area contributed by atoms with Crippen molar-refractivity contribution in [3.8, 4) is 11.1 Å². The van der Waals surface area contributed by atoms with Crippen LogP contribution in [-0.4, -0.2) is 35.0 Å². The van der Waals surface area contributed by atoms with Crippen LogP contribution in [-0.2, 0) is 16.0 Å². The Hall–Kier alpha value is -3.87. The molecule has 0 bridgehead atoms. The third kappa shape index (κ3) is 4.11. The molecule has 2 aromatic heterocycles. The Bertz CT molecular complexity index is 1490. The van der Waals surface area contributed by atoms with E-state index in [1.807, 2.05) is 50.2 Å². The van der Waals surface area contributed by atoms with Crippen molar-refractivity contribution in [1.29, 1.82) is 0 Å². The number of carbonyl (C=O) groups excluding carboxylic acids is 1. The average molecular weight is 474 g/mol. The summed E-state index contributed by atoms with van der Waals surface area (Å²) in [5.41, 5.74) is 4.82. The number of furan rings is 1. The summed E-state index contributed by atoms with van der Waals surface area (Å²) < 4.78 is 11.6. The Morgan fingerprint density at radius 1 is 1.03 bits per heavy atom. The van der Waals surface area contributed by atoms with Crippen molar-refractivity contribution in [2.75, 3.05) is 13.1 Å². The third-order valence-electron chi connectivity index (χ3n) is 7.21. The van der Waals surface area contributed by atoms with E-state index in [9.17, 15) is 14.4 Å². The molecule has 7 heteroatoms. The molecule has 3 heterocycles. The van der Waals surface area contributed by atoms with Crippen LogP contribution in [0.5, 0.6) is 0 Å². The zero-order chi connectivity index (χ0) is 24.7. The van der Waals surface area contributed by atoms with E-state index in [0.29, 0.717) is 42.7 Å². The lowest BCUT2D eigenvalue weighted by atomic mass is 9.95. The van der Waals surface area contributed by atoms with Gasteiger partial charge in [-0.1, -0.05) is 30.3 Å². The quantitative estimate of drug-likeness (QED) is 0.406. The Balaban J connectivity index is 1.45. The van der Waals surface area contributed by atoms with Gasteiger partial charge in [-0.3, -0.25) is 9.59 Å². The number of carbonyl (C=O) groups is 2. The second-order valence-corrected chi connectivity index (χ2v) is 9.26. The molecule has 0 radical (unpaired) electrons. The van der Waals surface area contributed by atoms with Gasteiger partial charge in [0.15, 0.2) is 0 Å². The summed E-state index contributed by atoms with van der Waals surface area (Å²) in [7, 11) is 0. The molecule has 0 atom stereocenters. The molecule has 1 saturated heterocycles. The molecule has 1 N–H and O–H groups in total. The number of hydrogen-bond acceptors (Lipinski definition) is 5. The molecule has 1 aliphatic heterocycles. The maximum absolute atomic E-state index is 12.9. The molecule has 5 rings (SSSR count). The average Bonchev–Trinajstić information content (AvgIpc) is 3.29. The molecule has 0 unspecified atom stereocenters. The summed E-state index contributed by atoms with van der Waals surface area (Å²) in [4.78, 5) is 38.5. The van der Waals surface area contributed by atoms with E-state index in [1.54, 1.807) is 11.2 Å². The van der Waals surface area contributed by atoms with E-state index in [1.165, 1.54) is 0 Å². The maximum Gasteiger partial charge on any atom is 0.339 e. The van der Waals surface area contributed by atoms with Crippen molar-refractivity contribution in [2.45, 2.75) is 39.5 Å². The molecule has 4 aromatic rings. The van der Waals surface area contributed by atoms with Crippen molar-refractivity contribution >= 4 is 33.8 Å². The van der Waals surface area contributed by atoms with Crippen LogP contribution in [0.4, 0.5) is 0 Å². The maximum atomic E-state index is 12.9. The third-order valence-corrected chi connectivity index (χ3v) is 7.21. The van der Waals surface area contributed by atoms with E-state index in [-0.39, 0.29) is 18.7 Å². The van der Waals surface area contributed by atoms with Crippen LogP contribution in [0, 0.1) is 19.8 Å². The molecular weight excluding hydrogens is 446 g/mol. The van der Waals surface area contributed by atoms with Crippen LogP contribution in [0.1, 0.15) is 36.0 Å². The number of carboxylic acids is 1. The highest BCUT2D eigenvalue weighted by Crippen LogP contribution is 2.37. The number of nitrogens with zero attached hydrogens (tertiary/aromatic N) is 1. The normalized spacial score (nSPS) is 14.6. The zero-order valence-corrected chi connectivity index (χ0v) is 19.8. The van der Waals surface area contributed by atoms with Crippen molar-refractivity contribution in [1.82, 2.24) is 4.90 Å². The first kappa shape index (κ1) is 22.9. The van der Waals surface area contributed by atoms with E-state index >= 15 is 0 Å². The van der Waals surface area contributed by atoms with E-state index < -0.39 is 17.5 Å². The minimum atomic E-state index is -0.807. The van der Waals surface area contributed by atoms with E-state index in [4.69, 9.17) is 13.9 Å². The number of aliphatic carboxylic acids is 1. The highest BCUT2D eigenvalue weighted by atomic mass is 16.4. The summed E-state index contributed by atoms with van der Waals surface area (Å²) in [6.07, 6.45) is 3.10. The number of likely N-dealkylation sites (tertiary alicyclic amines) is 1. The van der Waals surface area contributed by atoms with Gasteiger partial charge < -0.3 is 18.8 Å². The zero-order valence-electron chi connectivity index (χ0n) is 19.8. The van der Waals surface area contributed by atoms with Gasteiger partial charge in [-0.15, -0.1) is 0 Å². The number of fused-ring (bicyclic) bond motifs is 2. The first-order valence-corrected chi connectivity index (χ1v) is 11.9. The molecule has 1 fully saturated rings. The fraction of sp³-hybridized carbons (Fsp3) is 0.321. The predicted molar refractivity (Wildman–Crippen MR) is 132 cm³/mol. The number of rotatable bonds is 5. The van der Waals surface area contributed by atoms with Gasteiger partial charge in [0, 0.05) is 47.0 Å². The van der Waals surface area contributed by atoms with Crippen molar-refractivity contribution in [2.24, 2.45) is 5.92 Å². The summed E-state index contributed by atoms with van der Waals surface area (Å²) in [5, 5.41) is 10.9. The highest BCUT2D eigenvalue weighted by molar-refractivity contribution is 6.04. The van der Waals surface area contributed by atoms with E-state index in [2.05, 4.69) is 0 Å².